The van der Waals surface area contributed by atoms with Gasteiger partial charge in [0.25, 0.3) is 11.8 Å². The van der Waals surface area contributed by atoms with Crippen LogP contribution in [0.25, 0.3) is 55.0 Å². The van der Waals surface area contributed by atoms with E-state index in [1.54, 1.807) is 46.5 Å². The number of fused-ring (bicyclic) bond motifs is 4. The molecule has 314 valence electrons. The van der Waals surface area contributed by atoms with Crippen molar-refractivity contribution in [2.24, 2.45) is 0 Å². The van der Waals surface area contributed by atoms with Gasteiger partial charge in [-0.2, -0.15) is 0 Å². The van der Waals surface area contributed by atoms with E-state index in [0.717, 1.165) is 56.7 Å². The molecular formula is C48H46Cl2N8O2Pt. The summed E-state index contributed by atoms with van der Waals surface area (Å²) in [5, 5.41) is 4.56. The van der Waals surface area contributed by atoms with Gasteiger partial charge in [0.2, 0.25) is 0 Å². The van der Waals surface area contributed by atoms with Gasteiger partial charge in [-0.3, -0.25) is 19.6 Å². The molecule has 0 aliphatic heterocycles. The Bertz CT molecular complexity index is 2530. The van der Waals surface area contributed by atoms with Gasteiger partial charge in [0.15, 0.2) is 0 Å². The SMILES string of the molecule is CN(CCN(C)C(=O)c1ccnc(-c2cc(C(=O)N(C)CCN(C)Cc3c4ccccc4nc4ccccc34)ccn2)c1)Cc1c2ccccc2nc2ccccc12.[Cl][Pt][Cl]. The van der Waals surface area contributed by atoms with Crippen LogP contribution in [0.4, 0.5) is 0 Å². The fraction of sp³-hybridized carbons (Fsp3) is 0.208. The van der Waals surface area contributed by atoms with Gasteiger partial charge < -0.3 is 19.6 Å². The summed E-state index contributed by atoms with van der Waals surface area (Å²) in [5.41, 5.74) is 8.44. The van der Waals surface area contributed by atoms with Crippen LogP contribution in [-0.2, 0) is 29.6 Å². The molecule has 8 rings (SSSR count). The molecule has 61 heavy (non-hydrogen) atoms. The number of benzene rings is 4. The molecule has 0 unspecified atom stereocenters. The standard InChI is InChI=1S/C48H46N8O2.2ClH.Pt/c1-53(31-39-35-13-5-9-17-41(35)51-42-18-10-6-14-36(39)42)25-27-55(3)47(57)33-21-23-49-45(29-33)46-30-34(22-24-50-46)48(58)56(4)28-26-54(2)32-40-37-15-7-11-19-43(37)52-44-20-12-8-16-38(40)44;;;/h5-24,29-30H,25-28,31-32H2,1-4H3;2*1H;/q;;;+2/p-2. The second-order valence-electron chi connectivity index (χ2n) is 15.1. The Morgan fingerprint density at radius 3 is 1.13 bits per heavy atom. The third kappa shape index (κ3) is 10.4. The molecule has 0 N–H and O–H groups in total. The molecule has 2 amide bonds. The van der Waals surface area contributed by atoms with Crippen molar-refractivity contribution < 1.29 is 26.1 Å². The van der Waals surface area contributed by atoms with Crippen LogP contribution >= 0.6 is 18.8 Å². The molecule has 13 heteroatoms. The van der Waals surface area contributed by atoms with Crippen molar-refractivity contribution >= 4 is 74.3 Å². The summed E-state index contributed by atoms with van der Waals surface area (Å²) >= 11 is -0.472. The number of pyridine rings is 4. The summed E-state index contributed by atoms with van der Waals surface area (Å²) < 4.78 is 0. The van der Waals surface area contributed by atoms with E-state index in [0.29, 0.717) is 48.7 Å². The van der Waals surface area contributed by atoms with Crippen LogP contribution in [0, 0.1) is 0 Å². The number of rotatable bonds is 13. The minimum atomic E-state index is -0.472. The van der Waals surface area contributed by atoms with Gasteiger partial charge in [-0.25, -0.2) is 9.97 Å². The molecule has 4 aromatic carbocycles. The Morgan fingerprint density at radius 2 is 0.803 bits per heavy atom. The molecule has 0 radical (unpaired) electrons. The van der Waals surface area contributed by atoms with Crippen LogP contribution < -0.4 is 0 Å². The molecular weight excluding hydrogens is 987 g/mol. The molecule has 0 fully saturated rings. The average Bonchev–Trinajstić information content (AvgIpc) is 3.29. The zero-order valence-corrected chi connectivity index (χ0v) is 38.2. The van der Waals surface area contributed by atoms with E-state index < -0.39 is 16.5 Å². The number of nitrogens with zero attached hydrogens (tertiary/aromatic N) is 8. The number of carbonyl (C=O) groups excluding carboxylic acids is 2. The Balaban J connectivity index is 0.00000182. The van der Waals surface area contributed by atoms with Crippen molar-refractivity contribution in [3.8, 4) is 11.4 Å². The van der Waals surface area contributed by atoms with Gasteiger partial charge in [0, 0.05) is 98.4 Å². The van der Waals surface area contributed by atoms with E-state index >= 15 is 0 Å². The van der Waals surface area contributed by atoms with E-state index in [9.17, 15) is 9.59 Å². The van der Waals surface area contributed by atoms with Crippen molar-refractivity contribution in [1.29, 1.82) is 0 Å². The monoisotopic (exact) mass is 1030 g/mol. The average molecular weight is 1030 g/mol. The molecule has 0 saturated carbocycles. The second kappa shape index (κ2) is 20.5. The van der Waals surface area contributed by atoms with Crippen LogP contribution in [0.3, 0.4) is 0 Å². The molecule has 8 aromatic rings. The summed E-state index contributed by atoms with van der Waals surface area (Å²) in [6.45, 7) is 3.87. The topological polar surface area (TPSA) is 98.7 Å². The van der Waals surface area contributed by atoms with Crippen molar-refractivity contribution in [3.63, 3.8) is 0 Å². The van der Waals surface area contributed by atoms with Crippen LogP contribution in [-0.4, -0.2) is 106 Å². The molecule has 0 bridgehead atoms. The Kier molecular flexibility index (Phi) is 14.7. The fourth-order valence-corrected chi connectivity index (χ4v) is 7.59. The first-order valence-electron chi connectivity index (χ1n) is 19.8. The number of amides is 2. The number of hydrogen-bond donors (Lipinski definition) is 0. The normalized spacial score (nSPS) is 11.4. The van der Waals surface area contributed by atoms with Crippen molar-refractivity contribution in [3.05, 3.63) is 156 Å². The van der Waals surface area contributed by atoms with Gasteiger partial charge in [-0.05, 0) is 73.8 Å². The maximum absolute atomic E-state index is 13.7. The van der Waals surface area contributed by atoms with Gasteiger partial charge in [-0.15, -0.1) is 0 Å². The first-order valence-corrected chi connectivity index (χ1v) is 25.4. The van der Waals surface area contributed by atoms with Gasteiger partial charge in [0.1, 0.15) is 0 Å². The first kappa shape index (κ1) is 43.7. The molecule has 0 saturated heterocycles. The number of halogens is 2. The molecule has 0 aliphatic rings. The zero-order valence-electron chi connectivity index (χ0n) is 34.4. The van der Waals surface area contributed by atoms with E-state index in [2.05, 4.69) is 107 Å². The minimum absolute atomic E-state index is 0.110. The molecule has 10 nitrogen and oxygen atoms in total. The number of carbonyl (C=O) groups is 2. The number of para-hydroxylation sites is 4. The molecule has 0 spiro atoms. The summed E-state index contributed by atoms with van der Waals surface area (Å²) in [5.74, 6) is -0.221. The van der Waals surface area contributed by atoms with Gasteiger partial charge in [0.05, 0.1) is 33.5 Å². The number of aromatic nitrogens is 4. The van der Waals surface area contributed by atoms with Crippen molar-refractivity contribution in [2.45, 2.75) is 13.1 Å². The summed E-state index contributed by atoms with van der Waals surface area (Å²) in [4.78, 5) is 54.1. The van der Waals surface area contributed by atoms with Crippen LogP contribution in [0.15, 0.2) is 134 Å². The zero-order chi connectivity index (χ0) is 42.9. The van der Waals surface area contributed by atoms with Gasteiger partial charge >= 0.3 is 35.3 Å². The summed E-state index contributed by atoms with van der Waals surface area (Å²) in [6.07, 6.45) is 3.24. The maximum atomic E-state index is 13.7. The van der Waals surface area contributed by atoms with E-state index in [1.807, 2.05) is 38.4 Å². The van der Waals surface area contributed by atoms with Crippen molar-refractivity contribution in [1.82, 2.24) is 39.5 Å². The Labute approximate surface area is 372 Å². The number of likely N-dealkylation sites (N-methyl/N-ethyl adjacent to an activating group) is 4. The third-order valence-corrected chi connectivity index (χ3v) is 10.9. The Hall–Kier alpha value is -5.35. The predicted octanol–water partition coefficient (Wildman–Crippen LogP) is 9.33. The van der Waals surface area contributed by atoms with Crippen molar-refractivity contribution in [2.75, 3.05) is 54.4 Å². The number of hydrogen-bond acceptors (Lipinski definition) is 8. The summed E-state index contributed by atoms with van der Waals surface area (Å²) in [6, 6.07) is 39.9. The predicted molar refractivity (Wildman–Crippen MR) is 244 cm³/mol. The molecule has 0 atom stereocenters. The van der Waals surface area contributed by atoms with Crippen LogP contribution in [0.2, 0.25) is 0 Å². The van der Waals surface area contributed by atoms with Crippen LogP contribution in [0.1, 0.15) is 31.8 Å². The first-order chi connectivity index (χ1) is 29.6. The van der Waals surface area contributed by atoms with E-state index in [4.69, 9.17) is 28.8 Å². The molecule has 0 aliphatic carbocycles. The third-order valence-electron chi connectivity index (χ3n) is 10.9. The Morgan fingerprint density at radius 1 is 0.492 bits per heavy atom. The molecule has 4 aromatic heterocycles. The quantitative estimate of drug-likeness (QED) is 0.106. The second-order valence-corrected chi connectivity index (χ2v) is 18.4. The van der Waals surface area contributed by atoms with Crippen LogP contribution in [0.5, 0.6) is 0 Å². The van der Waals surface area contributed by atoms with E-state index in [-0.39, 0.29) is 11.8 Å². The van der Waals surface area contributed by atoms with Gasteiger partial charge in [-0.1, -0.05) is 72.8 Å². The van der Waals surface area contributed by atoms with E-state index in [1.165, 1.54) is 11.1 Å². The fourth-order valence-electron chi connectivity index (χ4n) is 7.59. The summed E-state index contributed by atoms with van der Waals surface area (Å²) in [7, 11) is 17.5. The molecule has 4 heterocycles.